The number of carbonyl (C=O) groups excluding carboxylic acids is 2. The van der Waals surface area contributed by atoms with Crippen LogP contribution in [0.1, 0.15) is 79.1 Å². The number of hydrogen-bond donors (Lipinski definition) is 2. The number of aliphatic hydroxyl groups is 2. The Morgan fingerprint density at radius 2 is 1.08 bits per heavy atom. The lowest BCUT2D eigenvalue weighted by Gasteiger charge is -2.15. The van der Waals surface area contributed by atoms with Gasteiger partial charge in [0.25, 0.3) is 0 Å². The van der Waals surface area contributed by atoms with Crippen molar-refractivity contribution < 1.29 is 29.3 Å². The van der Waals surface area contributed by atoms with Crippen LogP contribution in [0.3, 0.4) is 0 Å². The van der Waals surface area contributed by atoms with E-state index in [9.17, 15) is 9.59 Å². The van der Waals surface area contributed by atoms with Gasteiger partial charge in [0, 0.05) is 0 Å². The molecule has 2 unspecified atom stereocenters. The second-order valence-electron chi connectivity index (χ2n) is 6.28. The van der Waals surface area contributed by atoms with Gasteiger partial charge in [0.2, 0.25) is 0 Å². The summed E-state index contributed by atoms with van der Waals surface area (Å²) in [7, 11) is 0. The Bertz CT molecular complexity index is 300. The highest BCUT2D eigenvalue weighted by atomic mass is 16.6. The van der Waals surface area contributed by atoms with Crippen molar-refractivity contribution in [1.29, 1.82) is 0 Å². The van der Waals surface area contributed by atoms with Crippen molar-refractivity contribution in [3.63, 3.8) is 0 Å². The van der Waals surface area contributed by atoms with Crippen LogP contribution in [-0.4, -0.2) is 48.6 Å². The fraction of sp³-hybridized carbons (Fsp3) is 0.900. The van der Waals surface area contributed by atoms with Gasteiger partial charge in [-0.1, -0.05) is 53.4 Å². The highest BCUT2D eigenvalue weighted by Gasteiger charge is 2.19. The monoisotopic (exact) mass is 376 g/mol. The first-order valence-corrected chi connectivity index (χ1v) is 10.1. The summed E-state index contributed by atoms with van der Waals surface area (Å²) >= 11 is 0. The number of carbonyl (C=O) groups is 2. The molecule has 2 N–H and O–H groups in total. The highest BCUT2D eigenvalue weighted by Crippen LogP contribution is 2.15. The molecular formula is C20H40O6. The number of unbranched alkanes of at least 4 members (excludes halogenated alkanes) is 2. The number of aliphatic hydroxyl groups excluding tert-OH is 2. The molecule has 0 aromatic carbocycles. The number of hydrogen-bond acceptors (Lipinski definition) is 6. The summed E-state index contributed by atoms with van der Waals surface area (Å²) < 4.78 is 10.4. The minimum Gasteiger partial charge on any atom is -0.462 e. The first-order valence-electron chi connectivity index (χ1n) is 10.1. The third-order valence-electron chi connectivity index (χ3n) is 4.14. The quantitative estimate of drug-likeness (QED) is 0.356. The van der Waals surface area contributed by atoms with Crippen LogP contribution < -0.4 is 0 Å². The molecule has 0 rings (SSSR count). The fourth-order valence-corrected chi connectivity index (χ4v) is 2.40. The number of ether oxygens (including phenoxy) is 2. The molecule has 6 heteroatoms. The molecular weight excluding hydrogens is 336 g/mol. The van der Waals surface area contributed by atoms with Gasteiger partial charge in [-0.2, -0.15) is 0 Å². The third-order valence-corrected chi connectivity index (χ3v) is 4.14. The maximum Gasteiger partial charge on any atom is 0.309 e. The molecule has 0 radical (unpaired) electrons. The van der Waals surface area contributed by atoms with Gasteiger partial charge in [0.05, 0.1) is 25.0 Å². The van der Waals surface area contributed by atoms with E-state index in [4.69, 9.17) is 19.7 Å². The van der Waals surface area contributed by atoms with E-state index < -0.39 is 0 Å². The normalized spacial score (nSPS) is 12.5. The molecule has 26 heavy (non-hydrogen) atoms. The summed E-state index contributed by atoms with van der Waals surface area (Å²) in [6.45, 7) is 8.30. The van der Waals surface area contributed by atoms with E-state index >= 15 is 0 Å². The van der Waals surface area contributed by atoms with E-state index in [1.807, 2.05) is 13.8 Å². The van der Waals surface area contributed by atoms with Crippen molar-refractivity contribution in [3.8, 4) is 0 Å². The van der Waals surface area contributed by atoms with Crippen LogP contribution in [-0.2, 0) is 19.1 Å². The maximum atomic E-state index is 11.9. The van der Waals surface area contributed by atoms with Crippen LogP contribution >= 0.6 is 0 Å². The molecule has 0 fully saturated rings. The van der Waals surface area contributed by atoms with E-state index in [-0.39, 0.29) is 50.2 Å². The molecule has 0 aliphatic carbocycles. The standard InChI is InChI=1S/C18H34O4.C2H6O2/c1-5-9-11-15(7-3)17(19)21-13-14-22-18(20)16(8-4)12-10-6-2;3-1-2-4/h15-16H,5-14H2,1-4H3;3-4H,1-2H2. The van der Waals surface area contributed by atoms with Crippen LogP contribution in [0.25, 0.3) is 0 Å². The van der Waals surface area contributed by atoms with Gasteiger partial charge in [-0.15, -0.1) is 0 Å². The van der Waals surface area contributed by atoms with E-state index in [0.717, 1.165) is 51.4 Å². The lowest BCUT2D eigenvalue weighted by Crippen LogP contribution is -2.22. The number of esters is 2. The molecule has 0 aliphatic rings. The Labute approximate surface area is 159 Å². The van der Waals surface area contributed by atoms with E-state index in [2.05, 4.69) is 13.8 Å². The zero-order valence-electron chi connectivity index (χ0n) is 17.2. The Hall–Kier alpha value is -1.14. The molecule has 0 saturated carbocycles. The van der Waals surface area contributed by atoms with Crippen LogP contribution in [0, 0.1) is 11.8 Å². The summed E-state index contributed by atoms with van der Waals surface area (Å²) in [6, 6.07) is 0. The van der Waals surface area contributed by atoms with Gasteiger partial charge in [0.15, 0.2) is 0 Å². The minimum atomic E-state index is -0.162. The van der Waals surface area contributed by atoms with Crippen molar-refractivity contribution in [2.45, 2.75) is 79.1 Å². The van der Waals surface area contributed by atoms with Crippen molar-refractivity contribution in [1.82, 2.24) is 0 Å². The predicted molar refractivity (Wildman–Crippen MR) is 103 cm³/mol. The lowest BCUT2D eigenvalue weighted by atomic mass is 10.00. The molecule has 0 aromatic heterocycles. The Balaban J connectivity index is 0. The van der Waals surface area contributed by atoms with Crippen LogP contribution in [0.15, 0.2) is 0 Å². The zero-order chi connectivity index (χ0) is 20.2. The molecule has 156 valence electrons. The second-order valence-corrected chi connectivity index (χ2v) is 6.28. The summed E-state index contributed by atoms with van der Waals surface area (Å²) in [5.74, 6) is -0.373. The van der Waals surface area contributed by atoms with E-state index in [1.54, 1.807) is 0 Å². The van der Waals surface area contributed by atoms with Gasteiger partial charge in [-0.3, -0.25) is 9.59 Å². The minimum absolute atomic E-state index is 0.0244. The lowest BCUT2D eigenvalue weighted by molar-refractivity contribution is -0.157. The number of rotatable bonds is 14. The highest BCUT2D eigenvalue weighted by molar-refractivity contribution is 5.73. The van der Waals surface area contributed by atoms with Gasteiger partial charge < -0.3 is 19.7 Å². The van der Waals surface area contributed by atoms with E-state index in [1.165, 1.54) is 0 Å². The smallest absolute Gasteiger partial charge is 0.309 e. The molecule has 6 nitrogen and oxygen atoms in total. The second kappa shape index (κ2) is 20.2. The molecule has 2 atom stereocenters. The third kappa shape index (κ3) is 15.1. The average Bonchev–Trinajstić information content (AvgIpc) is 2.66. The van der Waals surface area contributed by atoms with E-state index in [0.29, 0.717) is 0 Å². The van der Waals surface area contributed by atoms with Gasteiger partial charge >= 0.3 is 11.9 Å². The van der Waals surface area contributed by atoms with Gasteiger partial charge in [-0.25, -0.2) is 0 Å². The molecule has 0 spiro atoms. The Morgan fingerprint density at radius 1 is 0.731 bits per heavy atom. The van der Waals surface area contributed by atoms with Gasteiger partial charge in [0.1, 0.15) is 13.2 Å². The van der Waals surface area contributed by atoms with Gasteiger partial charge in [-0.05, 0) is 25.7 Å². The van der Waals surface area contributed by atoms with Crippen molar-refractivity contribution in [2.24, 2.45) is 11.8 Å². The topological polar surface area (TPSA) is 93.1 Å². The first kappa shape index (κ1) is 27.1. The largest absolute Gasteiger partial charge is 0.462 e. The summed E-state index contributed by atoms with van der Waals surface area (Å²) in [5, 5.41) is 15.2. The molecule has 0 bridgehead atoms. The SMILES string of the molecule is CCCCC(CC)C(=O)OCCOC(=O)C(CC)CCCC.OCCO. The van der Waals surface area contributed by atoms with Crippen LogP contribution in [0.2, 0.25) is 0 Å². The van der Waals surface area contributed by atoms with Crippen molar-refractivity contribution in [3.05, 3.63) is 0 Å². The molecule has 0 aromatic rings. The fourth-order valence-electron chi connectivity index (χ4n) is 2.40. The first-order chi connectivity index (χ1) is 12.5. The molecule has 0 saturated heterocycles. The van der Waals surface area contributed by atoms with Crippen molar-refractivity contribution >= 4 is 11.9 Å². The average molecular weight is 377 g/mol. The predicted octanol–water partition coefficient (Wildman–Crippen LogP) is 3.48. The Morgan fingerprint density at radius 3 is 1.31 bits per heavy atom. The van der Waals surface area contributed by atoms with Crippen LogP contribution in [0.5, 0.6) is 0 Å². The molecule has 0 amide bonds. The van der Waals surface area contributed by atoms with Crippen molar-refractivity contribution in [2.75, 3.05) is 26.4 Å². The zero-order valence-corrected chi connectivity index (χ0v) is 17.2. The Kier molecular flexibility index (Phi) is 21.0. The summed E-state index contributed by atoms with van der Waals surface area (Å²) in [4.78, 5) is 23.8. The molecule has 0 aliphatic heterocycles. The maximum absolute atomic E-state index is 11.9. The summed E-state index contributed by atoms with van der Waals surface area (Å²) in [6.07, 6.45) is 7.59. The van der Waals surface area contributed by atoms with Crippen LogP contribution in [0.4, 0.5) is 0 Å². The molecule has 0 heterocycles. The summed E-state index contributed by atoms with van der Waals surface area (Å²) in [5.41, 5.74) is 0.